The molecule has 7 nitrogen and oxygen atoms in total. The number of hydrogen-bond acceptors (Lipinski definition) is 7. The van der Waals surface area contributed by atoms with Gasteiger partial charge in [-0.2, -0.15) is 0 Å². The fourth-order valence-electron chi connectivity index (χ4n) is 4.55. The number of carboxylic acids is 1. The lowest BCUT2D eigenvalue weighted by Gasteiger charge is -2.28. The Bertz CT molecular complexity index is 1710. The average molecular weight is 574 g/mol. The molecule has 0 radical (unpaired) electrons. The molecule has 0 saturated carbocycles. The van der Waals surface area contributed by atoms with Gasteiger partial charge in [0.2, 0.25) is 0 Å². The van der Waals surface area contributed by atoms with Crippen molar-refractivity contribution in [2.24, 2.45) is 0 Å². The summed E-state index contributed by atoms with van der Waals surface area (Å²) in [4.78, 5) is 26.3. The molecule has 0 aliphatic heterocycles. The minimum Gasteiger partial charge on any atom is -0.495 e. The molecule has 1 atom stereocenters. The molecule has 0 saturated heterocycles. The molecular formula is C31H28ClN3O4S. The maximum atomic E-state index is 12.6. The fourth-order valence-corrected chi connectivity index (χ4v) is 5.80. The van der Waals surface area contributed by atoms with Gasteiger partial charge < -0.3 is 14.6 Å². The summed E-state index contributed by atoms with van der Waals surface area (Å²) < 4.78 is 12.3. The highest BCUT2D eigenvalue weighted by Crippen LogP contribution is 2.44. The molecule has 2 aromatic carbocycles. The first kappa shape index (κ1) is 27.7. The Kier molecular flexibility index (Phi) is 7.59. The molecule has 0 aliphatic carbocycles. The largest absolute Gasteiger partial charge is 0.495 e. The summed E-state index contributed by atoms with van der Waals surface area (Å²) in [6.07, 6.45) is 3.95. The van der Waals surface area contributed by atoms with E-state index in [1.807, 2.05) is 64.1 Å². The number of aryl methyl sites for hydroxylation is 1. The Hall–Kier alpha value is -3.85. The van der Waals surface area contributed by atoms with E-state index in [2.05, 4.69) is 9.97 Å². The first-order valence-electron chi connectivity index (χ1n) is 12.6. The van der Waals surface area contributed by atoms with E-state index >= 15 is 0 Å². The molecule has 0 amide bonds. The van der Waals surface area contributed by atoms with Crippen LogP contribution in [0, 0.1) is 6.92 Å². The van der Waals surface area contributed by atoms with Crippen LogP contribution < -0.4 is 4.74 Å². The highest BCUT2D eigenvalue weighted by Gasteiger charge is 2.32. The summed E-state index contributed by atoms with van der Waals surface area (Å²) in [5.41, 5.74) is 5.54. The van der Waals surface area contributed by atoms with Gasteiger partial charge >= 0.3 is 5.97 Å². The van der Waals surface area contributed by atoms with E-state index in [0.29, 0.717) is 16.3 Å². The zero-order valence-electron chi connectivity index (χ0n) is 22.7. The van der Waals surface area contributed by atoms with Crippen LogP contribution in [0.25, 0.3) is 43.2 Å². The van der Waals surface area contributed by atoms with Crippen molar-refractivity contribution in [2.45, 2.75) is 39.4 Å². The van der Waals surface area contributed by atoms with Crippen LogP contribution in [0.3, 0.4) is 0 Å². The number of fused-ring (bicyclic) bond motifs is 1. The number of thiazole rings is 1. The molecular weight excluding hydrogens is 546 g/mol. The molecule has 0 fully saturated rings. The molecule has 0 aliphatic rings. The summed E-state index contributed by atoms with van der Waals surface area (Å²) in [5.74, 6) is -0.409. The van der Waals surface area contributed by atoms with Crippen molar-refractivity contribution in [3.8, 4) is 38.7 Å². The average Bonchev–Trinajstić information content (AvgIpc) is 3.35. The fraction of sp³-hybridized carbons (Fsp3) is 0.226. The van der Waals surface area contributed by atoms with Crippen LogP contribution >= 0.6 is 22.9 Å². The second-order valence-electron chi connectivity index (χ2n) is 10.3. The van der Waals surface area contributed by atoms with Gasteiger partial charge in [-0.05, 0) is 75.2 Å². The minimum atomic E-state index is -1.17. The normalized spacial score (nSPS) is 12.4. The lowest BCUT2D eigenvalue weighted by Crippen LogP contribution is -2.28. The van der Waals surface area contributed by atoms with E-state index in [4.69, 9.17) is 26.1 Å². The zero-order valence-corrected chi connectivity index (χ0v) is 24.3. The number of methoxy groups -OCH3 is 1. The number of rotatable bonds is 7. The maximum absolute atomic E-state index is 12.6. The summed E-state index contributed by atoms with van der Waals surface area (Å²) >= 11 is 7.71. The molecule has 40 heavy (non-hydrogen) atoms. The Morgan fingerprint density at radius 2 is 1.77 bits per heavy atom. The van der Waals surface area contributed by atoms with E-state index in [1.165, 1.54) is 11.3 Å². The summed E-state index contributed by atoms with van der Waals surface area (Å²) in [6.45, 7) is 7.45. The van der Waals surface area contributed by atoms with Gasteiger partial charge in [-0.1, -0.05) is 23.7 Å². The van der Waals surface area contributed by atoms with Crippen LogP contribution in [0.5, 0.6) is 5.75 Å². The molecule has 1 N–H and O–H groups in total. The monoisotopic (exact) mass is 573 g/mol. The summed E-state index contributed by atoms with van der Waals surface area (Å²) in [7, 11) is 1.60. The topological polar surface area (TPSA) is 94.4 Å². The Morgan fingerprint density at radius 1 is 1.02 bits per heavy atom. The van der Waals surface area contributed by atoms with E-state index in [1.54, 1.807) is 37.8 Å². The third-order valence-corrected chi connectivity index (χ3v) is 7.66. The van der Waals surface area contributed by atoms with E-state index in [9.17, 15) is 9.90 Å². The molecule has 0 bridgehead atoms. The molecule has 3 heterocycles. The lowest BCUT2D eigenvalue weighted by atomic mass is 9.91. The second-order valence-corrected chi connectivity index (χ2v) is 11.8. The Morgan fingerprint density at radius 3 is 2.45 bits per heavy atom. The molecule has 3 aromatic heterocycles. The molecule has 5 aromatic rings. The van der Waals surface area contributed by atoms with Gasteiger partial charge in [-0.15, -0.1) is 11.3 Å². The van der Waals surface area contributed by atoms with Crippen LogP contribution in [0.15, 0.2) is 67.1 Å². The molecule has 0 spiro atoms. The van der Waals surface area contributed by atoms with Gasteiger partial charge in [-0.25, -0.2) is 9.78 Å². The van der Waals surface area contributed by atoms with Crippen molar-refractivity contribution in [1.29, 1.82) is 0 Å². The second kappa shape index (κ2) is 11.0. The number of aliphatic carboxylic acids is 1. The van der Waals surface area contributed by atoms with Crippen molar-refractivity contribution >= 4 is 39.1 Å². The first-order chi connectivity index (χ1) is 19.0. The highest BCUT2D eigenvalue weighted by molar-refractivity contribution is 7.22. The van der Waals surface area contributed by atoms with Gasteiger partial charge in [0.25, 0.3) is 0 Å². The van der Waals surface area contributed by atoms with Gasteiger partial charge in [0.1, 0.15) is 10.8 Å². The Balaban J connectivity index is 1.72. The van der Waals surface area contributed by atoms with Crippen molar-refractivity contribution < 1.29 is 19.4 Å². The number of nitrogens with zero attached hydrogens (tertiary/aromatic N) is 3. The van der Waals surface area contributed by atoms with Crippen LogP contribution in [0.1, 0.15) is 38.0 Å². The van der Waals surface area contributed by atoms with Crippen molar-refractivity contribution in [3.05, 3.63) is 83.3 Å². The molecule has 204 valence electrons. The van der Waals surface area contributed by atoms with Crippen LogP contribution in [0.4, 0.5) is 0 Å². The van der Waals surface area contributed by atoms with Crippen LogP contribution in [-0.4, -0.2) is 38.7 Å². The van der Waals surface area contributed by atoms with Crippen molar-refractivity contribution in [3.63, 3.8) is 0 Å². The number of carbonyl (C=O) groups is 1. The number of carboxylic acid groups (broad SMARTS) is 1. The quantitative estimate of drug-likeness (QED) is 0.211. The van der Waals surface area contributed by atoms with Crippen LogP contribution in [0.2, 0.25) is 5.02 Å². The molecule has 9 heteroatoms. The summed E-state index contributed by atoms with van der Waals surface area (Å²) in [6, 6.07) is 15.1. The predicted octanol–water partition coefficient (Wildman–Crippen LogP) is 8.00. The van der Waals surface area contributed by atoms with Gasteiger partial charge in [0.05, 0.1) is 34.8 Å². The van der Waals surface area contributed by atoms with Crippen molar-refractivity contribution in [2.75, 3.05) is 7.11 Å². The maximum Gasteiger partial charge on any atom is 0.337 e. The predicted molar refractivity (Wildman–Crippen MR) is 159 cm³/mol. The molecule has 1 unspecified atom stereocenters. The third kappa shape index (κ3) is 5.70. The smallest absolute Gasteiger partial charge is 0.337 e. The third-order valence-electron chi connectivity index (χ3n) is 6.27. The number of hydrogen-bond donors (Lipinski definition) is 1. The number of halogens is 1. The SMILES string of the molecule is COc1cncc(-c2cc(-c3nc4cc(C)c(C(OC(C)(C)C)C(=O)O)c(-c5ccc(Cl)cc5)c4s3)ccn2)c1. The highest BCUT2D eigenvalue weighted by atomic mass is 35.5. The van der Waals surface area contributed by atoms with Gasteiger partial charge in [-0.3, -0.25) is 9.97 Å². The van der Waals surface area contributed by atoms with E-state index < -0.39 is 17.7 Å². The van der Waals surface area contributed by atoms with Crippen molar-refractivity contribution in [1.82, 2.24) is 15.0 Å². The lowest BCUT2D eigenvalue weighted by molar-refractivity contribution is -0.160. The number of pyridine rings is 2. The number of benzene rings is 2. The standard InChI is InChI=1S/C31H28ClN3O4S/c1-17-12-24-28(26(18-6-8-21(32)9-7-18)25(17)27(30(36)37)39-31(2,3)4)40-29(35-24)19-10-11-34-23(14-19)20-13-22(38-5)16-33-15-20/h6-16,27H,1-5H3,(H,36,37). The van der Waals surface area contributed by atoms with E-state index in [-0.39, 0.29) is 0 Å². The van der Waals surface area contributed by atoms with Gasteiger partial charge in [0.15, 0.2) is 6.10 Å². The summed E-state index contributed by atoms with van der Waals surface area (Å²) in [5, 5.41) is 11.7. The Labute approximate surface area is 241 Å². The number of ether oxygens (including phenoxy) is 2. The minimum absolute atomic E-state index is 0.594. The van der Waals surface area contributed by atoms with E-state index in [0.717, 1.165) is 48.7 Å². The van der Waals surface area contributed by atoms with Gasteiger partial charge in [0, 0.05) is 39.7 Å². The molecule has 5 rings (SSSR count). The first-order valence-corrected chi connectivity index (χ1v) is 13.8. The number of aromatic nitrogens is 3. The van der Waals surface area contributed by atoms with Crippen LogP contribution in [-0.2, 0) is 9.53 Å². The zero-order chi connectivity index (χ0) is 28.6.